The first kappa shape index (κ1) is 30.1. The molecule has 2 fully saturated rings. The Morgan fingerprint density at radius 3 is 2.57 bits per heavy atom. The third kappa shape index (κ3) is 7.90. The van der Waals surface area contributed by atoms with Crippen LogP contribution in [0.5, 0.6) is 0 Å². The minimum atomic E-state index is -0.312. The largest absolute Gasteiger partial charge is 0.459 e. The average molecular weight is 571 g/mol. The number of likely N-dealkylation sites (N-methyl/N-ethyl adjacent to an activating group) is 1. The van der Waals surface area contributed by atoms with Crippen molar-refractivity contribution in [3.63, 3.8) is 0 Å². The summed E-state index contributed by atoms with van der Waals surface area (Å²) in [5, 5.41) is 6.09. The van der Waals surface area contributed by atoms with Crippen LogP contribution >= 0.6 is 0 Å². The number of furan rings is 1. The highest BCUT2D eigenvalue weighted by molar-refractivity contribution is 6.04. The summed E-state index contributed by atoms with van der Waals surface area (Å²) in [5.41, 5.74) is 5.11. The number of benzene rings is 2. The molecule has 1 atom stereocenters. The third-order valence-electron chi connectivity index (χ3n) is 9.21. The fourth-order valence-corrected chi connectivity index (χ4v) is 6.63. The van der Waals surface area contributed by atoms with Crippen LogP contribution in [0.4, 0.5) is 5.69 Å². The van der Waals surface area contributed by atoms with Crippen molar-refractivity contribution in [3.05, 3.63) is 88.9 Å². The predicted molar refractivity (Wildman–Crippen MR) is 168 cm³/mol. The monoisotopic (exact) mass is 570 g/mol. The standard InChI is InChI=1S/C35H46N4O3/c1-26-9-3-6-13-31(26)27-10-7-20-39(21-17-27)22-18-28-15-16-29(25-32(28)37-35(41)33-14-8-24-42-33)34(40)36-19-23-38(2)30-11-4-5-12-30/h3,6,8-9,13-16,24-25,27,30H,4-5,7,10-12,17-23H2,1-2H3,(H,36,40)(H,37,41). The first-order chi connectivity index (χ1) is 20.5. The summed E-state index contributed by atoms with van der Waals surface area (Å²) in [5.74, 6) is 0.424. The molecular formula is C35H46N4O3. The zero-order chi connectivity index (χ0) is 29.3. The van der Waals surface area contributed by atoms with Crippen molar-refractivity contribution < 1.29 is 14.0 Å². The van der Waals surface area contributed by atoms with Crippen molar-refractivity contribution in [3.8, 4) is 0 Å². The molecule has 2 heterocycles. The quantitative estimate of drug-likeness (QED) is 0.285. The van der Waals surface area contributed by atoms with E-state index in [1.807, 2.05) is 18.2 Å². The van der Waals surface area contributed by atoms with Crippen molar-refractivity contribution in [2.45, 2.75) is 70.3 Å². The number of carbonyl (C=O) groups excluding carboxylic acids is 2. The Labute approximate surface area is 250 Å². The Morgan fingerprint density at radius 2 is 1.79 bits per heavy atom. The molecule has 0 radical (unpaired) electrons. The second-order valence-corrected chi connectivity index (χ2v) is 12.1. The summed E-state index contributed by atoms with van der Waals surface area (Å²) in [7, 11) is 2.15. The lowest BCUT2D eigenvalue weighted by atomic mass is 9.89. The van der Waals surface area contributed by atoms with Gasteiger partial charge in [-0.3, -0.25) is 9.59 Å². The summed E-state index contributed by atoms with van der Waals surface area (Å²) >= 11 is 0. The Bertz CT molecular complexity index is 1320. The number of likely N-dealkylation sites (tertiary alicyclic amines) is 1. The highest BCUT2D eigenvalue weighted by Crippen LogP contribution is 2.30. The van der Waals surface area contributed by atoms with E-state index >= 15 is 0 Å². The fourth-order valence-electron chi connectivity index (χ4n) is 6.63. The van der Waals surface area contributed by atoms with Gasteiger partial charge in [0.25, 0.3) is 11.8 Å². The maximum absolute atomic E-state index is 13.1. The van der Waals surface area contributed by atoms with Gasteiger partial charge in [-0.25, -0.2) is 0 Å². The van der Waals surface area contributed by atoms with E-state index < -0.39 is 0 Å². The molecule has 1 saturated carbocycles. The van der Waals surface area contributed by atoms with E-state index in [9.17, 15) is 9.59 Å². The molecule has 0 bridgehead atoms. The Morgan fingerprint density at radius 1 is 0.952 bits per heavy atom. The van der Waals surface area contributed by atoms with E-state index in [1.54, 1.807) is 12.1 Å². The summed E-state index contributed by atoms with van der Waals surface area (Å²) in [6, 6.07) is 18.4. The highest BCUT2D eigenvalue weighted by atomic mass is 16.3. The number of amides is 2. The molecule has 2 N–H and O–H groups in total. The molecule has 0 spiro atoms. The zero-order valence-electron chi connectivity index (χ0n) is 25.2. The van der Waals surface area contributed by atoms with Gasteiger partial charge in [0.05, 0.1) is 6.26 Å². The molecule has 42 heavy (non-hydrogen) atoms. The number of hydrogen-bond acceptors (Lipinski definition) is 5. The number of anilines is 1. The predicted octanol–water partition coefficient (Wildman–Crippen LogP) is 6.26. The minimum Gasteiger partial charge on any atom is -0.459 e. The second-order valence-electron chi connectivity index (χ2n) is 12.1. The minimum absolute atomic E-state index is 0.121. The second kappa shape index (κ2) is 14.7. The Hall–Kier alpha value is -3.42. The normalized spacial score (nSPS) is 18.2. The van der Waals surface area contributed by atoms with E-state index in [4.69, 9.17) is 4.42 Å². The molecule has 1 unspecified atom stereocenters. The maximum Gasteiger partial charge on any atom is 0.291 e. The summed E-state index contributed by atoms with van der Waals surface area (Å²) in [4.78, 5) is 30.9. The molecule has 224 valence electrons. The molecule has 7 heteroatoms. The molecule has 1 aromatic heterocycles. The van der Waals surface area contributed by atoms with Crippen LogP contribution in [0, 0.1) is 6.92 Å². The average Bonchev–Trinajstić information content (AvgIpc) is 3.69. The van der Waals surface area contributed by atoms with Gasteiger partial charge in [0.1, 0.15) is 0 Å². The van der Waals surface area contributed by atoms with Crippen LogP contribution in [0.2, 0.25) is 0 Å². The van der Waals surface area contributed by atoms with Gasteiger partial charge < -0.3 is 24.9 Å². The number of carbonyl (C=O) groups is 2. The van der Waals surface area contributed by atoms with E-state index in [-0.39, 0.29) is 17.6 Å². The molecule has 3 aromatic rings. The SMILES string of the molecule is Cc1ccccc1C1CCCN(CCc2ccc(C(=O)NCCN(C)C3CCCC3)cc2NC(=O)c2ccco2)CC1. The van der Waals surface area contributed by atoms with Gasteiger partial charge in [0, 0.05) is 36.9 Å². The molecule has 2 aliphatic rings. The number of rotatable bonds is 11. The first-order valence-corrected chi connectivity index (χ1v) is 15.7. The Balaban J connectivity index is 1.21. The maximum atomic E-state index is 13.1. The van der Waals surface area contributed by atoms with E-state index in [2.05, 4.69) is 58.7 Å². The number of nitrogens with zero attached hydrogens (tertiary/aromatic N) is 2. The van der Waals surface area contributed by atoms with Crippen molar-refractivity contribution in [1.29, 1.82) is 0 Å². The molecular weight excluding hydrogens is 524 g/mol. The zero-order valence-corrected chi connectivity index (χ0v) is 25.2. The van der Waals surface area contributed by atoms with Gasteiger partial charge in [-0.15, -0.1) is 0 Å². The topological polar surface area (TPSA) is 77.8 Å². The van der Waals surface area contributed by atoms with Gasteiger partial charge in [0.15, 0.2) is 5.76 Å². The van der Waals surface area contributed by atoms with Crippen LogP contribution in [-0.4, -0.2) is 67.4 Å². The van der Waals surface area contributed by atoms with E-state index in [0.29, 0.717) is 29.8 Å². The molecule has 1 aliphatic heterocycles. The highest BCUT2D eigenvalue weighted by Gasteiger charge is 2.22. The summed E-state index contributed by atoms with van der Waals surface area (Å²) in [6.45, 7) is 6.69. The van der Waals surface area contributed by atoms with Crippen LogP contribution in [0.15, 0.2) is 65.3 Å². The molecule has 7 nitrogen and oxygen atoms in total. The number of hydrogen-bond donors (Lipinski definition) is 2. The fraction of sp³-hybridized carbons (Fsp3) is 0.486. The van der Waals surface area contributed by atoms with Crippen molar-refractivity contribution in [2.75, 3.05) is 45.1 Å². The third-order valence-corrected chi connectivity index (χ3v) is 9.21. The van der Waals surface area contributed by atoms with Gasteiger partial charge in [-0.05, 0) is 112 Å². The first-order valence-electron chi connectivity index (χ1n) is 15.7. The lowest BCUT2D eigenvalue weighted by Gasteiger charge is -2.24. The van der Waals surface area contributed by atoms with E-state index in [0.717, 1.165) is 44.6 Å². The lowest BCUT2D eigenvalue weighted by molar-refractivity contribution is 0.0945. The summed E-state index contributed by atoms with van der Waals surface area (Å²) in [6.07, 6.45) is 10.9. The van der Waals surface area contributed by atoms with Gasteiger partial charge in [0.2, 0.25) is 0 Å². The molecule has 5 rings (SSSR count). The molecule has 2 aromatic carbocycles. The van der Waals surface area contributed by atoms with Crippen LogP contribution in [0.1, 0.15) is 88.5 Å². The lowest BCUT2D eigenvalue weighted by Crippen LogP contribution is -2.37. The smallest absolute Gasteiger partial charge is 0.291 e. The number of nitrogens with one attached hydrogen (secondary N) is 2. The van der Waals surface area contributed by atoms with Gasteiger partial charge >= 0.3 is 0 Å². The van der Waals surface area contributed by atoms with Crippen molar-refractivity contribution >= 4 is 17.5 Å². The molecule has 2 amide bonds. The van der Waals surface area contributed by atoms with Crippen LogP contribution in [0.25, 0.3) is 0 Å². The van der Waals surface area contributed by atoms with Crippen molar-refractivity contribution in [1.82, 2.24) is 15.1 Å². The van der Waals surface area contributed by atoms with Gasteiger partial charge in [-0.1, -0.05) is 43.2 Å². The molecule has 1 aliphatic carbocycles. The Kier molecular flexibility index (Phi) is 10.5. The summed E-state index contributed by atoms with van der Waals surface area (Å²) < 4.78 is 5.32. The van der Waals surface area contributed by atoms with E-state index in [1.165, 1.54) is 55.9 Å². The van der Waals surface area contributed by atoms with Crippen molar-refractivity contribution in [2.24, 2.45) is 0 Å². The number of aryl methyl sites for hydroxylation is 1. The van der Waals surface area contributed by atoms with Crippen LogP contribution in [0.3, 0.4) is 0 Å². The van der Waals surface area contributed by atoms with Crippen LogP contribution in [-0.2, 0) is 6.42 Å². The van der Waals surface area contributed by atoms with Gasteiger partial charge in [-0.2, -0.15) is 0 Å². The van der Waals surface area contributed by atoms with Crippen LogP contribution < -0.4 is 10.6 Å². The molecule has 1 saturated heterocycles.